The normalized spacial score (nSPS) is 13.8. The molecule has 0 radical (unpaired) electrons. The minimum Gasteiger partial charge on any atom is -0.493 e. The number of carbonyl (C=O) groups excluding carboxylic acids is 1. The van der Waals surface area contributed by atoms with Crippen LogP contribution in [0.3, 0.4) is 0 Å². The van der Waals surface area contributed by atoms with Crippen LogP contribution < -0.4 is 4.74 Å². The first-order valence-corrected chi connectivity index (χ1v) is 16.3. The molecule has 9 heteroatoms. The molecule has 0 aliphatic carbocycles. The molecule has 4 aromatic heterocycles. The van der Waals surface area contributed by atoms with E-state index in [9.17, 15) is 4.79 Å². The van der Waals surface area contributed by atoms with Gasteiger partial charge in [0.15, 0.2) is 6.10 Å². The van der Waals surface area contributed by atoms with Gasteiger partial charge in [0.05, 0.1) is 42.4 Å². The van der Waals surface area contributed by atoms with E-state index in [0.717, 1.165) is 79.7 Å². The number of nitrogens with zero attached hydrogens (tertiary/aromatic N) is 5. The molecular weight excluding hydrogens is 602 g/mol. The van der Waals surface area contributed by atoms with Crippen LogP contribution in [-0.4, -0.2) is 49.6 Å². The van der Waals surface area contributed by atoms with E-state index in [0.29, 0.717) is 17.9 Å². The molecule has 6 aromatic rings. The Morgan fingerprint density at radius 3 is 2.60 bits per heavy atom. The molecule has 1 unspecified atom stereocenters. The van der Waals surface area contributed by atoms with Gasteiger partial charge in [-0.1, -0.05) is 12.1 Å². The highest BCUT2D eigenvalue weighted by atomic mass is 16.6. The number of fused-ring (bicyclic) bond motifs is 3. The van der Waals surface area contributed by atoms with Crippen LogP contribution in [0.25, 0.3) is 55.6 Å². The van der Waals surface area contributed by atoms with Gasteiger partial charge in [-0.15, -0.1) is 0 Å². The van der Waals surface area contributed by atoms with Gasteiger partial charge in [-0.05, 0) is 101 Å². The Labute approximate surface area is 280 Å². The third kappa shape index (κ3) is 5.42. The number of methoxy groups -OCH3 is 1. The summed E-state index contributed by atoms with van der Waals surface area (Å²) in [4.78, 5) is 23.4. The van der Waals surface area contributed by atoms with E-state index >= 15 is 0 Å². The van der Waals surface area contributed by atoms with Gasteiger partial charge < -0.3 is 18.8 Å². The summed E-state index contributed by atoms with van der Waals surface area (Å²) in [7, 11) is 5.38. The number of benzene rings is 2. The molecule has 1 aliphatic heterocycles. The number of hydrogen-bond donors (Lipinski definition) is 0. The van der Waals surface area contributed by atoms with E-state index in [-0.39, 0.29) is 0 Å². The van der Waals surface area contributed by atoms with Crippen molar-refractivity contribution in [1.29, 1.82) is 0 Å². The lowest BCUT2D eigenvalue weighted by Gasteiger charge is -2.29. The van der Waals surface area contributed by atoms with Crippen molar-refractivity contribution in [1.82, 2.24) is 24.3 Å². The number of pyridine rings is 2. The second-order valence-corrected chi connectivity index (χ2v) is 13.6. The second-order valence-electron chi connectivity index (χ2n) is 13.6. The van der Waals surface area contributed by atoms with E-state index in [1.54, 1.807) is 0 Å². The van der Waals surface area contributed by atoms with Crippen molar-refractivity contribution in [3.8, 4) is 39.4 Å². The van der Waals surface area contributed by atoms with Gasteiger partial charge in [-0.2, -0.15) is 5.10 Å². The monoisotopic (exact) mass is 643 g/mol. The molecule has 0 saturated carbocycles. The largest absolute Gasteiger partial charge is 0.493 e. The SMILES string of the molecule is COC(=O)C(OC(C)(C)C)c1c(C)nc2c(cc(-c3ccnc(-c4ccc5c(cnn5C)c4)c3)n2C)c1-c1ccc2c(c1C)CCCO2. The first-order chi connectivity index (χ1) is 22.9. The van der Waals surface area contributed by atoms with Gasteiger partial charge >= 0.3 is 5.97 Å². The quantitative estimate of drug-likeness (QED) is 0.171. The minimum absolute atomic E-state index is 0.463. The molecular formula is C39H41N5O4. The first-order valence-electron chi connectivity index (χ1n) is 16.3. The minimum atomic E-state index is -0.979. The Morgan fingerprint density at radius 1 is 1.02 bits per heavy atom. The molecule has 0 amide bonds. The summed E-state index contributed by atoms with van der Waals surface area (Å²) in [6.07, 6.45) is 4.63. The van der Waals surface area contributed by atoms with Crippen LogP contribution in [0.1, 0.15) is 55.7 Å². The van der Waals surface area contributed by atoms with E-state index in [2.05, 4.69) is 59.1 Å². The van der Waals surface area contributed by atoms with Crippen LogP contribution in [-0.2, 0) is 34.8 Å². The number of hydrogen-bond acceptors (Lipinski definition) is 7. The molecule has 0 spiro atoms. The van der Waals surface area contributed by atoms with E-state index in [4.69, 9.17) is 24.2 Å². The lowest BCUT2D eigenvalue weighted by molar-refractivity contribution is -0.164. The molecule has 0 saturated heterocycles. The zero-order valence-corrected chi connectivity index (χ0v) is 28.8. The summed E-state index contributed by atoms with van der Waals surface area (Å²) in [6, 6.07) is 16.7. The van der Waals surface area contributed by atoms with Gasteiger partial charge in [-0.3, -0.25) is 9.67 Å². The Kier molecular flexibility index (Phi) is 7.83. The topological polar surface area (TPSA) is 93.3 Å². The summed E-state index contributed by atoms with van der Waals surface area (Å²) in [5.41, 5.74) is 10.8. The molecule has 5 heterocycles. The molecule has 1 aliphatic rings. The maximum absolute atomic E-state index is 13.5. The van der Waals surface area contributed by atoms with Crippen LogP contribution in [0, 0.1) is 13.8 Å². The van der Waals surface area contributed by atoms with Gasteiger partial charge in [0, 0.05) is 59.0 Å². The molecule has 2 aromatic carbocycles. The van der Waals surface area contributed by atoms with Gasteiger partial charge in [0.2, 0.25) is 0 Å². The molecule has 7 rings (SSSR count). The Balaban J connectivity index is 1.47. The highest BCUT2D eigenvalue weighted by molar-refractivity contribution is 6.01. The van der Waals surface area contributed by atoms with Crippen molar-refractivity contribution in [2.24, 2.45) is 14.1 Å². The number of carbonyl (C=O) groups is 1. The maximum Gasteiger partial charge on any atom is 0.339 e. The molecule has 1 atom stereocenters. The lowest BCUT2D eigenvalue weighted by Crippen LogP contribution is -2.29. The number of esters is 1. The molecule has 246 valence electrons. The van der Waals surface area contributed by atoms with Crippen molar-refractivity contribution in [3.63, 3.8) is 0 Å². The smallest absolute Gasteiger partial charge is 0.339 e. The molecule has 9 nitrogen and oxygen atoms in total. The van der Waals surface area contributed by atoms with Crippen molar-refractivity contribution in [2.45, 2.75) is 59.2 Å². The predicted molar refractivity (Wildman–Crippen MR) is 188 cm³/mol. The average Bonchev–Trinajstić information content (AvgIpc) is 3.61. The van der Waals surface area contributed by atoms with Gasteiger partial charge in [-0.25, -0.2) is 9.78 Å². The Hall–Kier alpha value is -5.02. The molecule has 48 heavy (non-hydrogen) atoms. The fourth-order valence-electron chi connectivity index (χ4n) is 6.98. The van der Waals surface area contributed by atoms with Crippen LogP contribution in [0.5, 0.6) is 5.75 Å². The maximum atomic E-state index is 13.5. The zero-order valence-electron chi connectivity index (χ0n) is 28.8. The standard InChI is InChI=1S/C39H41N5O4/c1-22-27-10-9-17-47-33(27)14-12-28(22)35-29-20-32(25-15-16-40-30(19-25)24-11-13-31-26(18-24)21-41-44(31)7)43(6)37(29)42-23(2)34(35)36(38(45)46-8)48-39(3,4)5/h11-16,18-21,36H,9-10,17H2,1-8H3. The van der Waals surface area contributed by atoms with E-state index in [1.165, 1.54) is 12.7 Å². The van der Waals surface area contributed by atoms with Crippen molar-refractivity contribution in [2.75, 3.05) is 13.7 Å². The predicted octanol–water partition coefficient (Wildman–Crippen LogP) is 7.83. The highest BCUT2D eigenvalue weighted by Crippen LogP contribution is 2.45. The van der Waals surface area contributed by atoms with Crippen LogP contribution in [0.2, 0.25) is 0 Å². The van der Waals surface area contributed by atoms with Crippen molar-refractivity contribution < 1.29 is 19.0 Å². The molecule has 0 N–H and O–H groups in total. The molecule has 0 fully saturated rings. The van der Waals surface area contributed by atoms with Crippen LogP contribution in [0.4, 0.5) is 0 Å². The number of rotatable bonds is 6. The summed E-state index contributed by atoms with van der Waals surface area (Å²) in [5, 5.41) is 6.39. The van der Waals surface area contributed by atoms with Gasteiger partial charge in [0.25, 0.3) is 0 Å². The van der Waals surface area contributed by atoms with E-state index < -0.39 is 17.7 Å². The van der Waals surface area contributed by atoms with Gasteiger partial charge in [0.1, 0.15) is 11.4 Å². The lowest BCUT2D eigenvalue weighted by atomic mass is 9.87. The van der Waals surface area contributed by atoms with Crippen LogP contribution in [0.15, 0.2) is 60.9 Å². The number of ether oxygens (including phenoxy) is 3. The fraction of sp³-hybridized carbons (Fsp3) is 0.333. The summed E-state index contributed by atoms with van der Waals surface area (Å²) in [5.74, 6) is 0.457. The first kappa shape index (κ1) is 31.6. The fourth-order valence-corrected chi connectivity index (χ4v) is 6.98. The van der Waals surface area contributed by atoms with Crippen molar-refractivity contribution in [3.05, 3.63) is 83.3 Å². The summed E-state index contributed by atoms with van der Waals surface area (Å²) < 4.78 is 21.8. The van der Waals surface area contributed by atoms with Crippen molar-refractivity contribution >= 4 is 27.9 Å². The molecule has 0 bridgehead atoms. The second kappa shape index (κ2) is 11.9. The third-order valence-electron chi connectivity index (χ3n) is 9.30. The Morgan fingerprint density at radius 2 is 1.83 bits per heavy atom. The number of aromatic nitrogens is 5. The number of aryl methyl sites for hydroxylation is 3. The summed E-state index contributed by atoms with van der Waals surface area (Å²) in [6.45, 7) is 10.6. The third-order valence-corrected chi connectivity index (χ3v) is 9.30. The highest BCUT2D eigenvalue weighted by Gasteiger charge is 2.34. The van der Waals surface area contributed by atoms with Crippen LogP contribution >= 0.6 is 0 Å². The average molecular weight is 644 g/mol. The zero-order chi connectivity index (χ0) is 33.9. The summed E-state index contributed by atoms with van der Waals surface area (Å²) >= 11 is 0. The van der Waals surface area contributed by atoms with E-state index in [1.807, 2.05) is 64.9 Å². The Bertz CT molecular complexity index is 2220.